The first-order chi connectivity index (χ1) is 9.40. The Balaban J connectivity index is 2.05. The molecule has 1 aromatic carbocycles. The summed E-state index contributed by atoms with van der Waals surface area (Å²) in [5.41, 5.74) is 0. The molecule has 0 aliphatic heterocycles. The number of halogens is 2. The first-order valence-corrected chi connectivity index (χ1v) is 9.12. The average Bonchev–Trinajstić information content (AvgIpc) is 2.41. The summed E-state index contributed by atoms with van der Waals surface area (Å²) in [6.45, 7) is 2.60. The Kier molecular flexibility index (Phi) is 5.20. The fourth-order valence-electron chi connectivity index (χ4n) is 2.64. The van der Waals surface area contributed by atoms with Gasteiger partial charge in [-0.1, -0.05) is 26.2 Å². The summed E-state index contributed by atoms with van der Waals surface area (Å²) in [7, 11) is -3.63. The summed E-state index contributed by atoms with van der Waals surface area (Å²) in [5, 5.41) is 0. The van der Waals surface area contributed by atoms with Crippen molar-refractivity contribution >= 4 is 26.0 Å². The van der Waals surface area contributed by atoms with Crippen LogP contribution >= 0.6 is 15.9 Å². The van der Waals surface area contributed by atoms with Gasteiger partial charge in [0.25, 0.3) is 0 Å². The highest BCUT2D eigenvalue weighted by atomic mass is 79.9. The molecule has 112 valence electrons. The zero-order chi connectivity index (χ0) is 14.8. The fourth-order valence-corrected chi connectivity index (χ4v) is 3.99. The molecule has 0 bridgehead atoms. The second-order valence-electron chi connectivity index (χ2n) is 5.45. The van der Waals surface area contributed by atoms with Gasteiger partial charge in [0.15, 0.2) is 0 Å². The van der Waals surface area contributed by atoms with E-state index in [2.05, 4.69) is 27.6 Å². The van der Waals surface area contributed by atoms with Gasteiger partial charge in [-0.25, -0.2) is 17.5 Å². The molecule has 2 rings (SSSR count). The SMILES string of the molecule is CC1CCCCC1CNS(=O)(=O)c1ccc(Br)c(F)c1. The lowest BCUT2D eigenvalue weighted by molar-refractivity contribution is 0.257. The maximum Gasteiger partial charge on any atom is 0.240 e. The van der Waals surface area contributed by atoms with Gasteiger partial charge in [-0.3, -0.25) is 0 Å². The van der Waals surface area contributed by atoms with Gasteiger partial charge in [0.1, 0.15) is 5.82 Å². The minimum atomic E-state index is -3.63. The monoisotopic (exact) mass is 363 g/mol. The minimum absolute atomic E-state index is 0.0262. The van der Waals surface area contributed by atoms with Crippen molar-refractivity contribution in [2.45, 2.75) is 37.5 Å². The molecular formula is C14H19BrFNO2S. The minimum Gasteiger partial charge on any atom is -0.211 e. The van der Waals surface area contributed by atoms with Gasteiger partial charge in [0.05, 0.1) is 9.37 Å². The second kappa shape index (κ2) is 6.54. The largest absolute Gasteiger partial charge is 0.240 e. The Morgan fingerprint density at radius 3 is 2.70 bits per heavy atom. The van der Waals surface area contributed by atoms with Crippen LogP contribution in [0.15, 0.2) is 27.6 Å². The van der Waals surface area contributed by atoms with Crippen molar-refractivity contribution in [3.63, 3.8) is 0 Å². The highest BCUT2D eigenvalue weighted by molar-refractivity contribution is 9.10. The number of benzene rings is 1. The topological polar surface area (TPSA) is 46.2 Å². The standard InChI is InChI=1S/C14H19BrFNO2S/c1-10-4-2-3-5-11(10)9-17-20(18,19)12-6-7-13(15)14(16)8-12/h6-8,10-11,17H,2-5,9H2,1H3. The lowest BCUT2D eigenvalue weighted by Gasteiger charge is -2.28. The lowest BCUT2D eigenvalue weighted by atomic mass is 9.81. The highest BCUT2D eigenvalue weighted by Gasteiger charge is 2.24. The summed E-state index contributed by atoms with van der Waals surface area (Å²) in [6, 6.07) is 3.85. The van der Waals surface area contributed by atoms with Crippen molar-refractivity contribution in [2.75, 3.05) is 6.54 Å². The Morgan fingerprint density at radius 1 is 1.35 bits per heavy atom. The molecule has 6 heteroatoms. The Morgan fingerprint density at radius 2 is 2.05 bits per heavy atom. The summed E-state index contributed by atoms with van der Waals surface area (Å²) in [4.78, 5) is -0.0262. The Hall–Kier alpha value is -0.460. The van der Waals surface area contributed by atoms with Crippen LogP contribution in [-0.4, -0.2) is 15.0 Å². The normalized spacial score (nSPS) is 23.8. The van der Waals surface area contributed by atoms with Gasteiger partial charge in [-0.2, -0.15) is 0 Å². The fraction of sp³-hybridized carbons (Fsp3) is 0.571. The van der Waals surface area contributed by atoms with Crippen molar-refractivity contribution in [2.24, 2.45) is 11.8 Å². The van der Waals surface area contributed by atoms with Crippen molar-refractivity contribution in [3.05, 3.63) is 28.5 Å². The Labute approximate surface area is 128 Å². The van der Waals surface area contributed by atoms with E-state index in [0.717, 1.165) is 25.3 Å². The van der Waals surface area contributed by atoms with Crippen LogP contribution in [0, 0.1) is 17.7 Å². The zero-order valence-electron chi connectivity index (χ0n) is 11.4. The molecule has 0 heterocycles. The average molecular weight is 364 g/mol. The van der Waals surface area contributed by atoms with E-state index < -0.39 is 15.8 Å². The number of hydrogen-bond donors (Lipinski definition) is 1. The van der Waals surface area contributed by atoms with Crippen molar-refractivity contribution in [1.29, 1.82) is 0 Å². The first kappa shape index (κ1) is 15.9. The molecule has 0 aromatic heterocycles. The van der Waals surface area contributed by atoms with Crippen LogP contribution in [0.25, 0.3) is 0 Å². The summed E-state index contributed by atoms with van der Waals surface area (Å²) >= 11 is 3.02. The van der Waals surface area contributed by atoms with Gasteiger partial charge < -0.3 is 0 Å². The van der Waals surface area contributed by atoms with Gasteiger partial charge in [0.2, 0.25) is 10.0 Å². The number of nitrogens with one attached hydrogen (secondary N) is 1. The third-order valence-corrected chi connectivity index (χ3v) is 6.09. The smallest absolute Gasteiger partial charge is 0.211 e. The van der Waals surface area contributed by atoms with Gasteiger partial charge >= 0.3 is 0 Å². The zero-order valence-corrected chi connectivity index (χ0v) is 13.8. The predicted molar refractivity (Wildman–Crippen MR) is 80.4 cm³/mol. The highest BCUT2D eigenvalue weighted by Crippen LogP contribution is 2.29. The molecule has 20 heavy (non-hydrogen) atoms. The molecule has 0 radical (unpaired) electrons. The molecular weight excluding hydrogens is 345 g/mol. The van der Waals surface area contributed by atoms with Crippen molar-refractivity contribution < 1.29 is 12.8 Å². The molecule has 2 unspecified atom stereocenters. The maximum atomic E-state index is 13.4. The van der Waals surface area contributed by atoms with Crippen LogP contribution in [0.5, 0.6) is 0 Å². The molecule has 1 aliphatic carbocycles. The number of hydrogen-bond acceptors (Lipinski definition) is 2. The van der Waals surface area contributed by atoms with E-state index in [9.17, 15) is 12.8 Å². The maximum absolute atomic E-state index is 13.4. The quantitative estimate of drug-likeness (QED) is 0.886. The first-order valence-electron chi connectivity index (χ1n) is 6.85. The lowest BCUT2D eigenvalue weighted by Crippen LogP contribution is -2.33. The summed E-state index contributed by atoms with van der Waals surface area (Å²) in [6.07, 6.45) is 4.59. The molecule has 0 saturated heterocycles. The van der Waals surface area contributed by atoms with E-state index in [4.69, 9.17) is 0 Å². The van der Waals surface area contributed by atoms with Crippen molar-refractivity contribution in [3.8, 4) is 0 Å². The van der Waals surface area contributed by atoms with E-state index in [1.54, 1.807) is 0 Å². The van der Waals surface area contributed by atoms with Crippen molar-refractivity contribution in [1.82, 2.24) is 4.72 Å². The molecule has 1 N–H and O–H groups in total. The molecule has 2 atom stereocenters. The van der Waals surface area contributed by atoms with Crippen LogP contribution in [0.1, 0.15) is 32.6 Å². The van der Waals surface area contributed by atoms with Gasteiger partial charge in [0, 0.05) is 6.54 Å². The van der Waals surface area contributed by atoms with Gasteiger partial charge in [-0.15, -0.1) is 0 Å². The van der Waals surface area contributed by atoms with Crippen LogP contribution in [-0.2, 0) is 10.0 Å². The van der Waals surface area contributed by atoms with Crippen LogP contribution in [0.4, 0.5) is 4.39 Å². The number of sulfonamides is 1. The van der Waals surface area contributed by atoms with E-state index in [1.165, 1.54) is 18.6 Å². The summed E-state index contributed by atoms with van der Waals surface area (Å²) < 4.78 is 40.6. The van der Waals surface area contributed by atoms with E-state index in [1.807, 2.05) is 0 Å². The van der Waals surface area contributed by atoms with Crippen LogP contribution < -0.4 is 4.72 Å². The second-order valence-corrected chi connectivity index (χ2v) is 8.07. The Bertz CT molecular complexity index is 577. The van der Waals surface area contributed by atoms with Gasteiger partial charge in [-0.05, 0) is 52.4 Å². The van der Waals surface area contributed by atoms with Crippen LogP contribution in [0.2, 0.25) is 0 Å². The molecule has 1 aromatic rings. The van der Waals surface area contributed by atoms with Crippen LogP contribution in [0.3, 0.4) is 0 Å². The molecule has 1 aliphatic rings. The molecule has 1 fully saturated rings. The predicted octanol–water partition coefficient (Wildman–Crippen LogP) is 3.69. The van der Waals surface area contributed by atoms with E-state index in [0.29, 0.717) is 18.4 Å². The molecule has 3 nitrogen and oxygen atoms in total. The third kappa shape index (κ3) is 3.80. The van der Waals surface area contributed by atoms with E-state index in [-0.39, 0.29) is 9.37 Å². The van der Waals surface area contributed by atoms with E-state index >= 15 is 0 Å². The third-order valence-electron chi connectivity index (χ3n) is 4.03. The summed E-state index contributed by atoms with van der Waals surface area (Å²) in [5.74, 6) is 0.339. The molecule has 0 spiro atoms. The number of rotatable bonds is 4. The molecule has 0 amide bonds. The molecule has 1 saturated carbocycles.